The highest BCUT2D eigenvalue weighted by molar-refractivity contribution is 6.80. The van der Waals surface area contributed by atoms with Gasteiger partial charge in [-0.25, -0.2) is 9.98 Å². The summed E-state index contributed by atoms with van der Waals surface area (Å²) in [5.74, 6) is -0.174. The lowest BCUT2D eigenvalue weighted by Gasteiger charge is -2.50. The van der Waals surface area contributed by atoms with E-state index in [0.29, 0.717) is 17.1 Å². The number of nitrogens with zero attached hydrogens (tertiary/aromatic N) is 3. The fourth-order valence-corrected chi connectivity index (χ4v) is 4.57. The van der Waals surface area contributed by atoms with Gasteiger partial charge in [0.05, 0.1) is 14.2 Å². The molecule has 2 rings (SSSR count). The van der Waals surface area contributed by atoms with E-state index in [1.165, 1.54) is 26.4 Å². The van der Waals surface area contributed by atoms with Gasteiger partial charge in [-0.2, -0.15) is 0 Å². The van der Waals surface area contributed by atoms with Crippen LogP contribution in [0.25, 0.3) is 6.08 Å². The van der Waals surface area contributed by atoms with Gasteiger partial charge in [0.1, 0.15) is 0 Å². The summed E-state index contributed by atoms with van der Waals surface area (Å²) in [5, 5.41) is 0. The van der Waals surface area contributed by atoms with Crippen molar-refractivity contribution in [1.29, 1.82) is 0 Å². The molecule has 190 valence electrons. The van der Waals surface area contributed by atoms with Crippen LogP contribution in [-0.2, 0) is 0 Å². The van der Waals surface area contributed by atoms with Crippen LogP contribution in [0.1, 0.15) is 5.56 Å². The third kappa shape index (κ3) is 6.98. The Morgan fingerprint density at radius 2 is 1.38 bits per heavy atom. The van der Waals surface area contributed by atoms with Crippen LogP contribution < -0.4 is 9.47 Å². The molecule has 0 bridgehead atoms. The van der Waals surface area contributed by atoms with Gasteiger partial charge in [-0.05, 0) is 23.8 Å². The maximum Gasteiger partial charge on any atom is 0.271 e. The van der Waals surface area contributed by atoms with Crippen molar-refractivity contribution in [2.75, 3.05) is 14.2 Å². The van der Waals surface area contributed by atoms with Crippen molar-refractivity contribution in [1.82, 2.24) is 4.90 Å². The Bertz CT molecular complexity index is 1000. The summed E-state index contributed by atoms with van der Waals surface area (Å²) in [6.07, 6.45) is 2.72. The molecule has 0 N–H and O–H groups in total. The van der Waals surface area contributed by atoms with Crippen LogP contribution in [0, 0.1) is 0 Å². The molecule has 0 saturated carbocycles. The van der Waals surface area contributed by atoms with Crippen molar-refractivity contribution in [2.24, 2.45) is 9.98 Å². The average molecular weight is 715 g/mol. The number of methoxy groups -OCH3 is 2. The third-order valence-corrected chi connectivity index (χ3v) is 6.49. The monoisotopic (exact) mass is 709 g/mol. The number of halogens is 12. The topological polar surface area (TPSA) is 46.4 Å². The van der Waals surface area contributed by atoms with Crippen molar-refractivity contribution in [2.45, 2.75) is 21.0 Å². The second-order valence-corrected chi connectivity index (χ2v) is 15.4. The molecule has 0 saturated heterocycles. The van der Waals surface area contributed by atoms with Gasteiger partial charge in [-0.3, -0.25) is 4.90 Å². The zero-order chi connectivity index (χ0) is 26.3. The van der Waals surface area contributed by atoms with Crippen LogP contribution >= 0.6 is 139 Å². The van der Waals surface area contributed by atoms with Crippen molar-refractivity contribution < 1.29 is 9.47 Å². The fourth-order valence-electron chi connectivity index (χ4n) is 2.74. The Balaban J connectivity index is 2.89. The van der Waals surface area contributed by atoms with Crippen molar-refractivity contribution in [3.05, 3.63) is 29.8 Å². The maximum absolute atomic E-state index is 6.37. The molecule has 1 aromatic carbocycles. The van der Waals surface area contributed by atoms with Crippen LogP contribution in [0.5, 0.6) is 11.5 Å². The first-order valence-electron chi connectivity index (χ1n) is 8.46. The number of ether oxygens (including phenoxy) is 2. The summed E-state index contributed by atoms with van der Waals surface area (Å²) in [5.41, 5.74) is -1.73. The minimum Gasteiger partial charge on any atom is -0.493 e. The molecule has 1 atom stereocenters. The molecule has 0 fully saturated rings. The lowest BCUT2D eigenvalue weighted by Crippen LogP contribution is -2.66. The van der Waals surface area contributed by atoms with E-state index >= 15 is 0 Å². The molecule has 1 heterocycles. The predicted octanol–water partition coefficient (Wildman–Crippen LogP) is 8.96. The molecule has 0 radical (unpaired) electrons. The Morgan fingerprint density at radius 1 is 0.824 bits per heavy atom. The van der Waals surface area contributed by atoms with Crippen molar-refractivity contribution in [3.8, 4) is 11.5 Å². The number of rotatable bonds is 4. The van der Waals surface area contributed by atoms with Crippen molar-refractivity contribution in [3.63, 3.8) is 0 Å². The molecule has 0 aliphatic carbocycles. The Hall–Kier alpha value is 1.18. The zero-order valence-corrected chi connectivity index (χ0v) is 25.7. The second kappa shape index (κ2) is 11.1. The number of alkyl halides is 12. The second-order valence-electron chi connectivity index (χ2n) is 6.34. The van der Waals surface area contributed by atoms with E-state index in [1.54, 1.807) is 18.2 Å². The molecular formula is C17H11Cl12N3O2. The molecule has 0 spiro atoms. The summed E-state index contributed by atoms with van der Waals surface area (Å²) in [4.78, 5) is 9.00. The molecule has 1 aliphatic rings. The first-order valence-corrected chi connectivity index (χ1v) is 13.0. The molecule has 0 amide bonds. The minimum atomic E-state index is -2.43. The lowest BCUT2D eigenvalue weighted by molar-refractivity contribution is 0.231. The molecule has 5 nitrogen and oxygen atoms in total. The van der Waals surface area contributed by atoms with E-state index in [2.05, 4.69) is 9.98 Å². The Morgan fingerprint density at radius 3 is 1.79 bits per heavy atom. The van der Waals surface area contributed by atoms with Gasteiger partial charge in [0.15, 0.2) is 23.2 Å². The number of hydrogen-bond acceptors (Lipinski definition) is 5. The van der Waals surface area contributed by atoms with Crippen LogP contribution in [0.15, 0.2) is 34.3 Å². The van der Waals surface area contributed by atoms with Crippen LogP contribution in [0.3, 0.4) is 0 Å². The molecule has 0 aromatic heterocycles. The minimum absolute atomic E-state index is 0.406. The smallest absolute Gasteiger partial charge is 0.271 e. The largest absolute Gasteiger partial charge is 0.493 e. The van der Waals surface area contributed by atoms with E-state index in [-0.39, 0.29) is 0 Å². The van der Waals surface area contributed by atoms with Gasteiger partial charge in [0.25, 0.3) is 3.92 Å². The first kappa shape index (κ1) is 31.4. The standard InChI is InChI=1S/C17H11Cl12N3O2/c1-33-9-4-3-8(7-10(9)34-2)5-6-13(16(24,25)26)31-11(14(18,19)20)30-12(15(21,22)23)32(13)17(27,28)29/h3-7H,1-2H3. The molecule has 34 heavy (non-hydrogen) atoms. The Labute approximate surface area is 255 Å². The summed E-state index contributed by atoms with van der Waals surface area (Å²) in [7, 11) is 2.94. The Kier molecular flexibility index (Phi) is 10.3. The molecule has 1 unspecified atom stereocenters. The van der Waals surface area contributed by atoms with Gasteiger partial charge >= 0.3 is 0 Å². The summed E-state index contributed by atoms with van der Waals surface area (Å²) >= 11 is 74.2. The highest BCUT2D eigenvalue weighted by Gasteiger charge is 2.63. The number of amidine groups is 2. The van der Waals surface area contributed by atoms with E-state index in [4.69, 9.17) is 149 Å². The van der Waals surface area contributed by atoms with Gasteiger partial charge in [0, 0.05) is 0 Å². The van der Waals surface area contributed by atoms with E-state index in [0.717, 1.165) is 4.90 Å². The lowest BCUT2D eigenvalue weighted by atomic mass is 10.1. The molecule has 1 aromatic rings. The van der Waals surface area contributed by atoms with Crippen LogP contribution in [-0.4, -0.2) is 51.7 Å². The van der Waals surface area contributed by atoms with Crippen molar-refractivity contribution >= 4 is 157 Å². The highest BCUT2D eigenvalue weighted by atomic mass is 35.6. The van der Waals surface area contributed by atoms with E-state index in [1.807, 2.05) is 0 Å². The third-order valence-electron chi connectivity index (χ3n) is 4.13. The molecule has 1 aliphatic heterocycles. The van der Waals surface area contributed by atoms with E-state index < -0.39 is 32.6 Å². The fraction of sp³-hybridized carbons (Fsp3) is 0.412. The maximum atomic E-state index is 6.37. The first-order chi connectivity index (χ1) is 15.3. The quantitative estimate of drug-likeness (QED) is 0.231. The zero-order valence-electron chi connectivity index (χ0n) is 16.6. The van der Waals surface area contributed by atoms with Gasteiger partial charge in [-0.15, -0.1) is 0 Å². The van der Waals surface area contributed by atoms with Gasteiger partial charge < -0.3 is 9.47 Å². The normalized spacial score (nSPS) is 20.4. The number of aliphatic imine (C=N–C) groups is 2. The SMILES string of the molecule is COc1ccc(C=CC2(C(Cl)(Cl)Cl)N=C(C(Cl)(Cl)Cl)N=C(C(Cl)(Cl)Cl)N2C(Cl)(Cl)Cl)cc1OC. The summed E-state index contributed by atoms with van der Waals surface area (Å²) in [6.45, 7) is 0. The number of benzene rings is 1. The number of hydrogen-bond donors (Lipinski definition) is 0. The van der Waals surface area contributed by atoms with Crippen LogP contribution in [0.4, 0.5) is 0 Å². The van der Waals surface area contributed by atoms with Gasteiger partial charge in [-0.1, -0.05) is 151 Å². The average Bonchev–Trinajstić information content (AvgIpc) is 2.68. The van der Waals surface area contributed by atoms with Gasteiger partial charge in [0.2, 0.25) is 17.0 Å². The summed E-state index contributed by atoms with van der Waals surface area (Å²) in [6, 6.07) is 4.92. The predicted molar refractivity (Wildman–Crippen MR) is 149 cm³/mol. The highest BCUT2D eigenvalue weighted by Crippen LogP contribution is 2.54. The van der Waals surface area contributed by atoms with Crippen LogP contribution in [0.2, 0.25) is 0 Å². The molecular weight excluding hydrogens is 704 g/mol. The molecule has 17 heteroatoms. The van der Waals surface area contributed by atoms with E-state index in [9.17, 15) is 0 Å². The summed E-state index contributed by atoms with van der Waals surface area (Å²) < 4.78 is 1.08.